The highest BCUT2D eigenvalue weighted by molar-refractivity contribution is 5.14. The Bertz CT molecular complexity index is 642. The summed E-state index contributed by atoms with van der Waals surface area (Å²) >= 11 is 0. The second-order valence-corrected chi connectivity index (χ2v) is 6.44. The number of rotatable bonds is 5. The maximum Gasteiger partial charge on any atom is 0.179 e. The van der Waals surface area contributed by atoms with Gasteiger partial charge < -0.3 is 9.84 Å². The number of aliphatic hydroxyl groups is 1. The fourth-order valence-corrected chi connectivity index (χ4v) is 3.05. The average Bonchev–Trinajstić information content (AvgIpc) is 2.78. The highest BCUT2D eigenvalue weighted by atomic mass is 16.5. The van der Waals surface area contributed by atoms with Crippen LogP contribution in [0.25, 0.3) is 0 Å². The third-order valence-corrected chi connectivity index (χ3v) is 4.31. The summed E-state index contributed by atoms with van der Waals surface area (Å²) in [6.07, 6.45) is 0.478. The Morgan fingerprint density at radius 2 is 2.12 bits per heavy atom. The molecule has 0 bridgehead atoms. The van der Waals surface area contributed by atoms with Gasteiger partial charge in [0.15, 0.2) is 5.82 Å². The molecule has 1 aromatic heterocycles. The van der Waals surface area contributed by atoms with Crippen molar-refractivity contribution < 1.29 is 9.84 Å². The standard InChI is InChI=1S/C18H26N4O2/c1-14(23)18-19-15(2)22(20-18)13-17-12-21(9-6-10-24-17)11-16-7-4-3-5-8-16/h3-5,7-8,14,17,23H,6,9-13H2,1-2H3/t14-,17?/m1/s1. The lowest BCUT2D eigenvalue weighted by Crippen LogP contribution is -2.34. The van der Waals surface area contributed by atoms with Crippen LogP contribution in [0.4, 0.5) is 0 Å². The Hall–Kier alpha value is -1.76. The van der Waals surface area contributed by atoms with Gasteiger partial charge in [0.25, 0.3) is 0 Å². The molecule has 0 amide bonds. The first kappa shape index (κ1) is 17.1. The molecule has 1 aliphatic rings. The van der Waals surface area contributed by atoms with Crippen LogP contribution in [0.15, 0.2) is 30.3 Å². The van der Waals surface area contributed by atoms with Gasteiger partial charge >= 0.3 is 0 Å². The summed E-state index contributed by atoms with van der Waals surface area (Å²) in [7, 11) is 0. The first-order chi connectivity index (χ1) is 11.6. The number of hydrogen-bond acceptors (Lipinski definition) is 5. The first-order valence-corrected chi connectivity index (χ1v) is 8.59. The third kappa shape index (κ3) is 4.41. The van der Waals surface area contributed by atoms with Crippen molar-refractivity contribution in [3.8, 4) is 0 Å². The monoisotopic (exact) mass is 330 g/mol. The predicted octanol–water partition coefficient (Wildman–Crippen LogP) is 1.93. The number of aryl methyl sites for hydroxylation is 1. The molecule has 130 valence electrons. The molecule has 0 aliphatic carbocycles. The lowest BCUT2D eigenvalue weighted by Gasteiger charge is -2.24. The van der Waals surface area contributed by atoms with Crippen molar-refractivity contribution in [1.29, 1.82) is 0 Å². The Morgan fingerprint density at radius 1 is 1.33 bits per heavy atom. The van der Waals surface area contributed by atoms with Crippen LogP contribution >= 0.6 is 0 Å². The fourth-order valence-electron chi connectivity index (χ4n) is 3.05. The topological polar surface area (TPSA) is 63.4 Å². The number of aliphatic hydroxyl groups excluding tert-OH is 1. The summed E-state index contributed by atoms with van der Waals surface area (Å²) in [5.74, 6) is 1.29. The van der Waals surface area contributed by atoms with Crippen LogP contribution in [0.5, 0.6) is 0 Å². The summed E-state index contributed by atoms with van der Waals surface area (Å²) in [6, 6.07) is 10.5. The SMILES string of the molecule is Cc1nc([C@@H](C)O)nn1CC1CN(Cc2ccccc2)CCCO1. The molecule has 24 heavy (non-hydrogen) atoms. The second kappa shape index (κ2) is 7.88. The number of nitrogens with zero attached hydrogens (tertiary/aromatic N) is 4. The Balaban J connectivity index is 1.64. The van der Waals surface area contributed by atoms with E-state index in [9.17, 15) is 5.11 Å². The number of hydrogen-bond donors (Lipinski definition) is 1. The summed E-state index contributed by atoms with van der Waals surface area (Å²) in [5, 5.41) is 14.0. The van der Waals surface area contributed by atoms with E-state index in [2.05, 4.69) is 39.2 Å². The minimum absolute atomic E-state index is 0.0819. The van der Waals surface area contributed by atoms with Crippen LogP contribution in [-0.4, -0.2) is 50.6 Å². The summed E-state index contributed by atoms with van der Waals surface area (Å²) < 4.78 is 7.85. The molecule has 2 aromatic rings. The molecule has 1 aromatic carbocycles. The molecule has 0 saturated carbocycles. The minimum Gasteiger partial charge on any atom is -0.385 e. The van der Waals surface area contributed by atoms with Crippen molar-refractivity contribution in [2.24, 2.45) is 0 Å². The van der Waals surface area contributed by atoms with Gasteiger partial charge in [-0.3, -0.25) is 4.90 Å². The molecular weight excluding hydrogens is 304 g/mol. The van der Waals surface area contributed by atoms with Crippen LogP contribution in [-0.2, 0) is 17.8 Å². The Morgan fingerprint density at radius 3 is 2.83 bits per heavy atom. The quantitative estimate of drug-likeness (QED) is 0.907. The summed E-state index contributed by atoms with van der Waals surface area (Å²) in [5.41, 5.74) is 1.33. The van der Waals surface area contributed by atoms with E-state index in [4.69, 9.17) is 4.74 Å². The normalized spacial score (nSPS) is 20.7. The van der Waals surface area contributed by atoms with Crippen molar-refractivity contribution in [2.45, 2.75) is 45.6 Å². The van der Waals surface area contributed by atoms with E-state index in [0.717, 1.165) is 38.5 Å². The van der Waals surface area contributed by atoms with Gasteiger partial charge in [-0.1, -0.05) is 30.3 Å². The van der Waals surface area contributed by atoms with E-state index in [1.54, 1.807) is 6.92 Å². The van der Waals surface area contributed by atoms with Crippen molar-refractivity contribution in [3.63, 3.8) is 0 Å². The van der Waals surface area contributed by atoms with Gasteiger partial charge in [0.2, 0.25) is 0 Å². The molecular formula is C18H26N4O2. The van der Waals surface area contributed by atoms with Crippen molar-refractivity contribution in [1.82, 2.24) is 19.7 Å². The maximum atomic E-state index is 9.64. The Labute approximate surface area is 143 Å². The zero-order valence-electron chi connectivity index (χ0n) is 14.4. The first-order valence-electron chi connectivity index (χ1n) is 8.59. The average molecular weight is 330 g/mol. The molecule has 1 saturated heterocycles. The third-order valence-electron chi connectivity index (χ3n) is 4.31. The molecule has 0 spiro atoms. The van der Waals surface area contributed by atoms with Crippen LogP contribution < -0.4 is 0 Å². The van der Waals surface area contributed by atoms with E-state index < -0.39 is 6.10 Å². The largest absolute Gasteiger partial charge is 0.385 e. The Kier molecular flexibility index (Phi) is 5.60. The lowest BCUT2D eigenvalue weighted by molar-refractivity contribution is 0.0383. The molecule has 6 nitrogen and oxygen atoms in total. The van der Waals surface area contributed by atoms with Gasteiger partial charge in [-0.2, -0.15) is 5.10 Å². The minimum atomic E-state index is -0.644. The van der Waals surface area contributed by atoms with Crippen LogP contribution in [0.3, 0.4) is 0 Å². The number of benzene rings is 1. The molecule has 2 heterocycles. The van der Waals surface area contributed by atoms with E-state index in [0.29, 0.717) is 12.4 Å². The lowest BCUT2D eigenvalue weighted by atomic mass is 10.2. The second-order valence-electron chi connectivity index (χ2n) is 6.44. The van der Waals surface area contributed by atoms with Crippen LogP contribution in [0, 0.1) is 6.92 Å². The zero-order chi connectivity index (χ0) is 16.9. The fraction of sp³-hybridized carbons (Fsp3) is 0.556. The van der Waals surface area contributed by atoms with Gasteiger partial charge in [-0.05, 0) is 25.8 Å². The highest BCUT2D eigenvalue weighted by Gasteiger charge is 2.21. The highest BCUT2D eigenvalue weighted by Crippen LogP contribution is 2.14. The van der Waals surface area contributed by atoms with E-state index in [1.807, 2.05) is 17.7 Å². The number of aromatic nitrogens is 3. The molecule has 1 fully saturated rings. The van der Waals surface area contributed by atoms with Gasteiger partial charge in [0, 0.05) is 26.2 Å². The van der Waals surface area contributed by atoms with Gasteiger partial charge in [-0.15, -0.1) is 0 Å². The summed E-state index contributed by atoms with van der Waals surface area (Å²) in [4.78, 5) is 6.76. The van der Waals surface area contributed by atoms with Crippen molar-refractivity contribution >= 4 is 0 Å². The summed E-state index contributed by atoms with van der Waals surface area (Å²) in [6.45, 7) is 7.89. The van der Waals surface area contributed by atoms with Crippen molar-refractivity contribution in [3.05, 3.63) is 47.5 Å². The molecule has 3 rings (SSSR count). The van der Waals surface area contributed by atoms with E-state index >= 15 is 0 Å². The molecule has 1 unspecified atom stereocenters. The van der Waals surface area contributed by atoms with E-state index in [-0.39, 0.29) is 6.10 Å². The molecule has 6 heteroatoms. The van der Waals surface area contributed by atoms with Crippen LogP contribution in [0.1, 0.15) is 36.7 Å². The molecule has 1 N–H and O–H groups in total. The molecule has 1 aliphatic heterocycles. The van der Waals surface area contributed by atoms with Crippen LogP contribution in [0.2, 0.25) is 0 Å². The van der Waals surface area contributed by atoms with Gasteiger partial charge in [0.05, 0.1) is 12.6 Å². The maximum absolute atomic E-state index is 9.64. The smallest absolute Gasteiger partial charge is 0.179 e. The zero-order valence-corrected chi connectivity index (χ0v) is 14.4. The predicted molar refractivity (Wildman–Crippen MR) is 91.5 cm³/mol. The van der Waals surface area contributed by atoms with E-state index in [1.165, 1.54) is 5.56 Å². The van der Waals surface area contributed by atoms with Crippen molar-refractivity contribution in [2.75, 3.05) is 19.7 Å². The number of ether oxygens (including phenoxy) is 1. The molecule has 2 atom stereocenters. The van der Waals surface area contributed by atoms with Gasteiger partial charge in [0.1, 0.15) is 11.9 Å². The van der Waals surface area contributed by atoms with Gasteiger partial charge in [-0.25, -0.2) is 9.67 Å². The molecule has 0 radical (unpaired) electrons.